The first kappa shape index (κ1) is 18.4. The van der Waals surface area contributed by atoms with Crippen LogP contribution in [0, 0.1) is 0 Å². The molecule has 1 heterocycles. The topological polar surface area (TPSA) is 46.6 Å². The quantitative estimate of drug-likeness (QED) is 0.396. The van der Waals surface area contributed by atoms with E-state index in [4.69, 9.17) is 16.3 Å². The highest BCUT2D eigenvalue weighted by Crippen LogP contribution is 2.40. The Morgan fingerprint density at radius 1 is 1.08 bits per heavy atom. The van der Waals surface area contributed by atoms with E-state index >= 15 is 0 Å². The summed E-state index contributed by atoms with van der Waals surface area (Å²) in [5.41, 5.74) is -3.64. The fraction of sp³-hybridized carbons (Fsp3) is 0.385. The van der Waals surface area contributed by atoms with Crippen molar-refractivity contribution in [1.29, 1.82) is 0 Å². The van der Waals surface area contributed by atoms with Gasteiger partial charge in [0.15, 0.2) is 0 Å². The van der Waals surface area contributed by atoms with Crippen molar-refractivity contribution in [3.05, 3.63) is 34.9 Å². The van der Waals surface area contributed by atoms with Crippen molar-refractivity contribution in [3.8, 4) is 0 Å². The summed E-state index contributed by atoms with van der Waals surface area (Å²) in [6, 6.07) is -0.347. The molecule has 2 rings (SSSR count). The minimum Gasteiger partial charge on any atom is -0.439 e. The van der Waals surface area contributed by atoms with Crippen LogP contribution in [0.5, 0.6) is 0 Å². The van der Waals surface area contributed by atoms with Crippen LogP contribution >= 0.6 is 11.6 Å². The maximum atomic E-state index is 12.8. The van der Waals surface area contributed by atoms with E-state index in [1.54, 1.807) is 0 Å². The van der Waals surface area contributed by atoms with E-state index in [-0.39, 0.29) is 6.07 Å². The molecule has 1 aromatic carbocycles. The van der Waals surface area contributed by atoms with Crippen LogP contribution in [0.2, 0.25) is 0 Å². The van der Waals surface area contributed by atoms with Crippen molar-refractivity contribution >= 4 is 23.1 Å². The van der Waals surface area contributed by atoms with Gasteiger partial charge in [-0.1, -0.05) is 0 Å². The van der Waals surface area contributed by atoms with Crippen LogP contribution in [0.4, 0.5) is 35.9 Å². The zero-order valence-electron chi connectivity index (χ0n) is 11.7. The summed E-state index contributed by atoms with van der Waals surface area (Å²) >= 11 is 5.16. The number of ether oxygens (including phenoxy) is 1. The minimum atomic E-state index is -5.04. The molecule has 0 saturated carbocycles. The van der Waals surface area contributed by atoms with E-state index < -0.39 is 52.6 Å². The van der Waals surface area contributed by atoms with Gasteiger partial charge in [-0.15, -0.1) is 0 Å². The molecule has 0 bridgehead atoms. The average molecular weight is 376 g/mol. The van der Waals surface area contributed by atoms with Crippen molar-refractivity contribution in [2.75, 3.05) is 0 Å². The van der Waals surface area contributed by atoms with Crippen molar-refractivity contribution in [1.82, 2.24) is 4.90 Å². The Bertz CT molecular complexity index is 655. The molecule has 0 spiro atoms. The molecule has 1 aliphatic rings. The van der Waals surface area contributed by atoms with Crippen LogP contribution in [0.1, 0.15) is 29.7 Å². The molecule has 0 aromatic heterocycles. The maximum absolute atomic E-state index is 12.8. The Morgan fingerprint density at radius 2 is 1.54 bits per heavy atom. The molecule has 0 aliphatic carbocycles. The number of hydrogen-bond acceptors (Lipinski definition) is 3. The standard InChI is InChI=1S/C13H8ClF6NO3/c1-5-9(24-11(23)21(5)10(14)22)6-2-7(12(15,16)17)4-8(3-6)13(18,19)20/h2-5,9H,1H3/t5-,9?/m0/s1. The number of amides is 2. The van der Waals surface area contributed by atoms with Crippen molar-refractivity contribution in [3.63, 3.8) is 0 Å². The predicted octanol–water partition coefficient (Wildman–Crippen LogP) is 4.96. The number of cyclic esters (lactones) is 1. The summed E-state index contributed by atoms with van der Waals surface area (Å²) in [5, 5.41) is -1.25. The number of imide groups is 1. The number of halogens is 7. The monoisotopic (exact) mass is 375 g/mol. The van der Waals surface area contributed by atoms with Crippen LogP contribution in [0.15, 0.2) is 18.2 Å². The molecule has 4 nitrogen and oxygen atoms in total. The van der Waals surface area contributed by atoms with Crippen molar-refractivity contribution in [2.45, 2.75) is 31.4 Å². The number of carbonyl (C=O) groups excluding carboxylic acids is 2. The van der Waals surface area contributed by atoms with Crippen LogP contribution in [0.3, 0.4) is 0 Å². The lowest BCUT2D eigenvalue weighted by Crippen LogP contribution is -2.34. The van der Waals surface area contributed by atoms with Gasteiger partial charge in [-0.25, -0.2) is 9.69 Å². The van der Waals surface area contributed by atoms with E-state index in [9.17, 15) is 35.9 Å². The second kappa shape index (κ2) is 5.83. The molecule has 1 saturated heterocycles. The first-order valence-corrected chi connectivity index (χ1v) is 6.69. The molecule has 2 atom stereocenters. The SMILES string of the molecule is C[C@H]1C(c2cc(C(F)(F)F)cc(C(F)(F)F)c2)OC(=O)N1C(=O)Cl. The van der Waals surface area contributed by atoms with Crippen LogP contribution in [0.25, 0.3) is 0 Å². The molecular formula is C13H8ClF6NO3. The van der Waals surface area contributed by atoms with Crippen molar-refractivity contribution < 1.29 is 40.7 Å². The molecule has 132 valence electrons. The van der Waals surface area contributed by atoms with Gasteiger partial charge in [-0.05, 0) is 42.3 Å². The average Bonchev–Trinajstić information content (AvgIpc) is 2.71. The van der Waals surface area contributed by atoms with Gasteiger partial charge in [0.2, 0.25) is 0 Å². The Morgan fingerprint density at radius 3 is 1.88 bits per heavy atom. The highest BCUT2D eigenvalue weighted by atomic mass is 35.5. The fourth-order valence-corrected chi connectivity index (χ4v) is 2.51. The van der Waals surface area contributed by atoms with Gasteiger partial charge in [0.1, 0.15) is 6.10 Å². The number of rotatable bonds is 1. The Labute approximate surface area is 135 Å². The lowest BCUT2D eigenvalue weighted by atomic mass is 9.97. The summed E-state index contributed by atoms with van der Waals surface area (Å²) in [7, 11) is 0. The third kappa shape index (κ3) is 3.42. The maximum Gasteiger partial charge on any atom is 0.418 e. The first-order valence-electron chi connectivity index (χ1n) is 6.31. The molecule has 1 aromatic rings. The molecule has 1 fully saturated rings. The highest BCUT2D eigenvalue weighted by molar-refractivity contribution is 6.64. The molecule has 24 heavy (non-hydrogen) atoms. The minimum absolute atomic E-state index is 0.0462. The molecule has 2 amide bonds. The lowest BCUT2D eigenvalue weighted by molar-refractivity contribution is -0.143. The molecule has 1 aliphatic heterocycles. The summed E-state index contributed by atoms with van der Waals surface area (Å²) in [6.45, 7) is 1.21. The van der Waals surface area contributed by atoms with Gasteiger partial charge in [0.25, 0.3) is 0 Å². The van der Waals surface area contributed by atoms with E-state index in [1.165, 1.54) is 6.92 Å². The molecule has 11 heteroatoms. The number of benzene rings is 1. The largest absolute Gasteiger partial charge is 0.439 e. The van der Waals surface area contributed by atoms with Gasteiger partial charge in [0, 0.05) is 0 Å². The first-order chi connectivity index (χ1) is 10.8. The van der Waals surface area contributed by atoms with Gasteiger partial charge in [-0.2, -0.15) is 26.3 Å². The highest BCUT2D eigenvalue weighted by Gasteiger charge is 2.45. The third-order valence-corrected chi connectivity index (χ3v) is 3.58. The summed E-state index contributed by atoms with van der Waals surface area (Å²) in [4.78, 5) is 23.1. The van der Waals surface area contributed by atoms with Gasteiger partial charge < -0.3 is 4.74 Å². The molecule has 0 N–H and O–H groups in total. The van der Waals surface area contributed by atoms with Crippen LogP contribution in [-0.4, -0.2) is 22.4 Å². The summed E-state index contributed by atoms with van der Waals surface area (Å²) in [6.07, 6.45) is -12.8. The van der Waals surface area contributed by atoms with Gasteiger partial charge >= 0.3 is 23.8 Å². The zero-order valence-corrected chi connectivity index (χ0v) is 12.5. The predicted molar refractivity (Wildman–Crippen MR) is 68.2 cm³/mol. The number of nitrogens with zero attached hydrogens (tertiary/aromatic N) is 1. The van der Waals surface area contributed by atoms with E-state index in [2.05, 4.69) is 0 Å². The van der Waals surface area contributed by atoms with Crippen LogP contribution in [-0.2, 0) is 17.1 Å². The van der Waals surface area contributed by atoms with E-state index in [1.807, 2.05) is 0 Å². The molecule has 1 unspecified atom stereocenters. The van der Waals surface area contributed by atoms with Crippen LogP contribution < -0.4 is 0 Å². The van der Waals surface area contributed by atoms with E-state index in [0.717, 1.165) is 0 Å². The fourth-order valence-electron chi connectivity index (χ4n) is 2.29. The number of hydrogen-bond donors (Lipinski definition) is 0. The van der Waals surface area contributed by atoms with Gasteiger partial charge in [-0.3, -0.25) is 4.79 Å². The molecular weight excluding hydrogens is 368 g/mol. The number of alkyl halides is 6. The smallest absolute Gasteiger partial charge is 0.418 e. The number of carbonyl (C=O) groups is 2. The van der Waals surface area contributed by atoms with Gasteiger partial charge in [0.05, 0.1) is 17.2 Å². The Balaban J connectivity index is 2.54. The van der Waals surface area contributed by atoms with Crippen molar-refractivity contribution in [2.24, 2.45) is 0 Å². The molecule has 0 radical (unpaired) electrons. The normalized spacial score (nSPS) is 21.8. The summed E-state index contributed by atoms with van der Waals surface area (Å²) in [5.74, 6) is 0. The van der Waals surface area contributed by atoms with E-state index in [0.29, 0.717) is 17.0 Å². The second-order valence-electron chi connectivity index (χ2n) is 5.01. The summed E-state index contributed by atoms with van der Waals surface area (Å²) < 4.78 is 81.8. The lowest BCUT2D eigenvalue weighted by Gasteiger charge is -2.20. The zero-order chi connectivity index (χ0) is 18.4. The third-order valence-electron chi connectivity index (χ3n) is 3.40. The second-order valence-corrected chi connectivity index (χ2v) is 5.33. The Hall–Kier alpha value is -1.97. The Kier molecular flexibility index (Phi) is 4.47.